The van der Waals surface area contributed by atoms with Crippen LogP contribution in [-0.4, -0.2) is 30.6 Å². The Bertz CT molecular complexity index is 512. The highest BCUT2D eigenvalue weighted by atomic mass is 15.1. The van der Waals surface area contributed by atoms with Gasteiger partial charge in [-0.25, -0.2) is 0 Å². The summed E-state index contributed by atoms with van der Waals surface area (Å²) in [5.74, 6) is 0.731. The number of fused-ring (bicyclic) bond motifs is 5. The van der Waals surface area contributed by atoms with E-state index in [-0.39, 0.29) is 0 Å². The summed E-state index contributed by atoms with van der Waals surface area (Å²) < 4.78 is 0. The zero-order valence-electron chi connectivity index (χ0n) is 13.3. The molecule has 114 valence electrons. The predicted molar refractivity (Wildman–Crippen MR) is 88.8 cm³/mol. The van der Waals surface area contributed by atoms with Crippen LogP contribution >= 0.6 is 0 Å². The van der Waals surface area contributed by atoms with Gasteiger partial charge in [0.1, 0.15) is 0 Å². The first kappa shape index (κ1) is 13.6. The van der Waals surface area contributed by atoms with Crippen molar-refractivity contribution in [2.75, 3.05) is 25.0 Å². The molecule has 0 radical (unpaired) electrons. The molecule has 1 aromatic rings. The lowest BCUT2D eigenvalue weighted by molar-refractivity contribution is 0.0779. The predicted octanol–water partition coefficient (Wildman–Crippen LogP) is 4.24. The monoisotopic (exact) mass is 284 g/mol. The first-order valence-electron chi connectivity index (χ1n) is 8.87. The van der Waals surface area contributed by atoms with Crippen molar-refractivity contribution in [3.8, 4) is 0 Å². The van der Waals surface area contributed by atoms with Gasteiger partial charge in [-0.1, -0.05) is 25.1 Å². The van der Waals surface area contributed by atoms with E-state index in [1.54, 1.807) is 5.56 Å². The van der Waals surface area contributed by atoms with Crippen LogP contribution in [0.3, 0.4) is 0 Å². The third kappa shape index (κ3) is 2.38. The summed E-state index contributed by atoms with van der Waals surface area (Å²) in [7, 11) is 0. The second-order valence-electron chi connectivity index (χ2n) is 7.51. The minimum absolute atomic E-state index is 0.601. The van der Waals surface area contributed by atoms with Crippen molar-refractivity contribution in [3.05, 3.63) is 29.8 Å². The number of piperidine rings is 1. The van der Waals surface area contributed by atoms with Crippen molar-refractivity contribution < 1.29 is 0 Å². The first-order valence-corrected chi connectivity index (χ1v) is 8.87. The summed E-state index contributed by atoms with van der Waals surface area (Å²) in [6, 6.07) is 9.67. The van der Waals surface area contributed by atoms with Gasteiger partial charge in [-0.3, -0.25) is 0 Å². The molecule has 2 saturated heterocycles. The van der Waals surface area contributed by atoms with Gasteiger partial charge >= 0.3 is 0 Å². The fourth-order valence-corrected chi connectivity index (χ4v) is 5.05. The number of benzene rings is 1. The zero-order valence-corrected chi connectivity index (χ0v) is 13.3. The van der Waals surface area contributed by atoms with Crippen molar-refractivity contribution in [1.29, 1.82) is 0 Å². The number of hydrogen-bond donors (Lipinski definition) is 1. The third-order valence-electron chi connectivity index (χ3n) is 6.42. The Hall–Kier alpha value is -1.02. The first-order chi connectivity index (χ1) is 10.3. The van der Waals surface area contributed by atoms with E-state index in [1.165, 1.54) is 63.8 Å². The standard InChI is InChI=1S/C19H28N2/c1-2-19-10-5-12-21(14-19)13-9-16-15-6-3-4-7-17(15)20-18(16)8-11-19/h3-4,6-7,16,18,20H,2,5,8-14H2,1H3/t16-,18+,19-/m0/s1. The Labute approximate surface area is 128 Å². The molecule has 3 aliphatic heterocycles. The van der Waals surface area contributed by atoms with Crippen molar-refractivity contribution in [2.24, 2.45) is 5.41 Å². The maximum absolute atomic E-state index is 3.83. The molecular formula is C19H28N2. The molecule has 0 saturated carbocycles. The molecule has 0 aliphatic carbocycles. The number of hydrogen-bond acceptors (Lipinski definition) is 2. The molecular weight excluding hydrogens is 256 g/mol. The van der Waals surface area contributed by atoms with Gasteiger partial charge in [0.15, 0.2) is 0 Å². The van der Waals surface area contributed by atoms with Crippen molar-refractivity contribution in [1.82, 2.24) is 4.90 Å². The molecule has 0 amide bonds. The highest BCUT2D eigenvalue weighted by Gasteiger charge is 2.39. The second-order valence-corrected chi connectivity index (χ2v) is 7.51. The van der Waals surface area contributed by atoms with Crippen LogP contribution in [0, 0.1) is 5.41 Å². The average Bonchev–Trinajstić information content (AvgIpc) is 2.90. The minimum Gasteiger partial charge on any atom is -0.381 e. The molecule has 3 aliphatic rings. The van der Waals surface area contributed by atoms with Gasteiger partial charge in [-0.05, 0) is 68.7 Å². The molecule has 0 spiro atoms. The highest BCUT2D eigenvalue weighted by Crippen LogP contribution is 2.45. The Kier molecular flexibility index (Phi) is 3.45. The largest absolute Gasteiger partial charge is 0.381 e. The van der Waals surface area contributed by atoms with Gasteiger partial charge in [0.05, 0.1) is 0 Å². The molecule has 2 heteroatoms. The van der Waals surface area contributed by atoms with Gasteiger partial charge < -0.3 is 10.2 Å². The maximum Gasteiger partial charge on any atom is 0.0378 e. The van der Waals surface area contributed by atoms with E-state index in [0.717, 1.165) is 5.92 Å². The smallest absolute Gasteiger partial charge is 0.0378 e. The van der Waals surface area contributed by atoms with E-state index >= 15 is 0 Å². The summed E-state index contributed by atoms with van der Waals surface area (Å²) in [4.78, 5) is 2.76. The van der Waals surface area contributed by atoms with Crippen molar-refractivity contribution in [2.45, 2.75) is 57.4 Å². The van der Waals surface area contributed by atoms with Crippen LogP contribution in [0.15, 0.2) is 24.3 Å². The van der Waals surface area contributed by atoms with E-state index in [1.807, 2.05) is 0 Å². The fraction of sp³-hybridized carbons (Fsp3) is 0.684. The molecule has 4 atom stereocenters. The molecule has 3 heterocycles. The number of anilines is 1. The average molecular weight is 284 g/mol. The quantitative estimate of drug-likeness (QED) is 0.830. The molecule has 1 unspecified atom stereocenters. The molecule has 0 aromatic heterocycles. The van der Waals surface area contributed by atoms with Crippen molar-refractivity contribution in [3.63, 3.8) is 0 Å². The summed E-state index contributed by atoms with van der Waals surface area (Å²) in [6.45, 7) is 6.38. The van der Waals surface area contributed by atoms with Crippen molar-refractivity contribution >= 4 is 5.69 Å². The summed E-state index contributed by atoms with van der Waals surface area (Å²) in [5, 5.41) is 3.83. The van der Waals surface area contributed by atoms with Gasteiger partial charge in [0, 0.05) is 24.2 Å². The molecule has 21 heavy (non-hydrogen) atoms. The topological polar surface area (TPSA) is 15.3 Å². The Morgan fingerprint density at radius 2 is 2.10 bits per heavy atom. The minimum atomic E-state index is 0.601. The zero-order chi connectivity index (χ0) is 14.3. The molecule has 1 N–H and O–H groups in total. The normalized spacial score (nSPS) is 38.4. The van der Waals surface area contributed by atoms with Gasteiger partial charge in [-0.15, -0.1) is 0 Å². The fourth-order valence-electron chi connectivity index (χ4n) is 5.05. The number of nitrogens with zero attached hydrogens (tertiary/aromatic N) is 1. The Morgan fingerprint density at radius 3 is 3.00 bits per heavy atom. The summed E-state index contributed by atoms with van der Waals surface area (Å²) >= 11 is 0. The van der Waals surface area contributed by atoms with E-state index < -0.39 is 0 Å². The summed E-state index contributed by atoms with van der Waals surface area (Å²) in [5.41, 5.74) is 3.58. The highest BCUT2D eigenvalue weighted by molar-refractivity contribution is 5.59. The summed E-state index contributed by atoms with van der Waals surface area (Å²) in [6.07, 6.45) is 8.29. The van der Waals surface area contributed by atoms with Gasteiger partial charge in [-0.2, -0.15) is 0 Å². The second kappa shape index (κ2) is 5.31. The van der Waals surface area contributed by atoms with E-state index in [2.05, 4.69) is 41.4 Å². The molecule has 2 fully saturated rings. The van der Waals surface area contributed by atoms with Gasteiger partial charge in [0.2, 0.25) is 0 Å². The molecule has 1 aromatic carbocycles. The lowest BCUT2D eigenvalue weighted by atomic mass is 9.73. The van der Waals surface area contributed by atoms with Crippen LogP contribution in [0.5, 0.6) is 0 Å². The maximum atomic E-state index is 3.83. The molecule has 4 rings (SSSR count). The molecule has 2 bridgehead atoms. The Balaban J connectivity index is 1.61. The van der Waals surface area contributed by atoms with Crippen LogP contribution < -0.4 is 5.32 Å². The van der Waals surface area contributed by atoms with Crippen LogP contribution in [0.1, 0.15) is 56.9 Å². The van der Waals surface area contributed by atoms with E-state index in [4.69, 9.17) is 0 Å². The van der Waals surface area contributed by atoms with Crippen LogP contribution in [-0.2, 0) is 0 Å². The SMILES string of the molecule is CC[C@]12CCCN(CC[C@H]3c4ccccc4N[C@@H]3CC1)C2. The third-order valence-corrected chi connectivity index (χ3v) is 6.42. The van der Waals surface area contributed by atoms with Gasteiger partial charge in [0.25, 0.3) is 0 Å². The number of rotatable bonds is 1. The molecule has 2 nitrogen and oxygen atoms in total. The van der Waals surface area contributed by atoms with E-state index in [9.17, 15) is 0 Å². The lowest BCUT2D eigenvalue weighted by Gasteiger charge is -2.42. The number of para-hydroxylation sites is 1. The van der Waals surface area contributed by atoms with Crippen LogP contribution in [0.2, 0.25) is 0 Å². The number of nitrogens with one attached hydrogen (secondary N) is 1. The lowest BCUT2D eigenvalue weighted by Crippen LogP contribution is -2.43. The van der Waals surface area contributed by atoms with E-state index in [0.29, 0.717) is 11.5 Å². The Morgan fingerprint density at radius 1 is 1.19 bits per heavy atom. The van der Waals surface area contributed by atoms with Crippen LogP contribution in [0.4, 0.5) is 5.69 Å². The van der Waals surface area contributed by atoms with Crippen LogP contribution in [0.25, 0.3) is 0 Å².